The lowest BCUT2D eigenvalue weighted by Crippen LogP contribution is -2.22. The third-order valence-corrected chi connectivity index (χ3v) is 4.17. The highest BCUT2D eigenvalue weighted by Gasteiger charge is 2.22. The molecule has 0 radical (unpaired) electrons. The Bertz CT molecular complexity index is 835. The molecule has 25 heavy (non-hydrogen) atoms. The van der Waals surface area contributed by atoms with Gasteiger partial charge < -0.3 is 9.64 Å². The zero-order chi connectivity index (χ0) is 17.6. The van der Waals surface area contributed by atoms with Crippen LogP contribution in [0.15, 0.2) is 64.9 Å². The minimum Gasteiger partial charge on any atom is -0.497 e. The molecule has 0 atom stereocenters. The Labute approximate surface area is 151 Å². The van der Waals surface area contributed by atoms with Crippen LogP contribution in [0.25, 0.3) is 0 Å². The predicted molar refractivity (Wildman–Crippen MR) is 100 cm³/mol. The maximum atomic E-state index is 9.37. The second kappa shape index (κ2) is 7.73. The number of nitriles is 1. The van der Waals surface area contributed by atoms with Gasteiger partial charge in [0.1, 0.15) is 5.75 Å². The minimum absolute atomic E-state index is 0.557. The monoisotopic (exact) mass is 352 g/mol. The maximum Gasteiger partial charge on any atom is 0.119 e. The van der Waals surface area contributed by atoms with Crippen LogP contribution < -0.4 is 15.1 Å². The Morgan fingerprint density at radius 1 is 1.16 bits per heavy atom. The van der Waals surface area contributed by atoms with E-state index in [0.29, 0.717) is 23.7 Å². The van der Waals surface area contributed by atoms with Gasteiger partial charge in [-0.15, -0.1) is 0 Å². The van der Waals surface area contributed by atoms with E-state index in [1.165, 1.54) is 0 Å². The van der Waals surface area contributed by atoms with E-state index >= 15 is 0 Å². The van der Waals surface area contributed by atoms with Crippen LogP contribution in [-0.4, -0.2) is 26.4 Å². The van der Waals surface area contributed by atoms with Gasteiger partial charge in [-0.25, -0.2) is 0 Å². The van der Waals surface area contributed by atoms with Crippen LogP contribution in [0, 0.1) is 11.3 Å². The average Bonchev–Trinajstić information content (AvgIpc) is 3.06. The fraction of sp³-hybridized carbons (Fsp3) is 0.158. The molecule has 3 rings (SSSR count). The highest BCUT2D eigenvalue weighted by molar-refractivity contribution is 6.30. The number of nitrogens with zero attached hydrogens (tertiary/aromatic N) is 3. The van der Waals surface area contributed by atoms with Crippen molar-refractivity contribution in [2.75, 3.05) is 25.1 Å². The fourth-order valence-corrected chi connectivity index (χ4v) is 2.67. The topological polar surface area (TPSA) is 60.6 Å². The number of hydrazone groups is 1. The quantitative estimate of drug-likeness (QED) is 0.660. The lowest BCUT2D eigenvalue weighted by Gasteiger charge is -2.18. The van der Waals surface area contributed by atoms with Crippen molar-refractivity contribution < 1.29 is 4.74 Å². The smallest absolute Gasteiger partial charge is 0.119 e. The summed E-state index contributed by atoms with van der Waals surface area (Å²) in [6.07, 6.45) is 1.70. The fourth-order valence-electron chi connectivity index (χ4n) is 2.54. The first-order valence-electron chi connectivity index (χ1n) is 7.75. The number of nitrogens with one attached hydrogen (secondary N) is 1. The lowest BCUT2D eigenvalue weighted by atomic mass is 10.2. The minimum atomic E-state index is 0.557. The third-order valence-electron chi connectivity index (χ3n) is 3.92. The summed E-state index contributed by atoms with van der Waals surface area (Å²) in [6, 6.07) is 17.4. The largest absolute Gasteiger partial charge is 0.497 e. The zero-order valence-electron chi connectivity index (χ0n) is 13.7. The summed E-state index contributed by atoms with van der Waals surface area (Å²) in [5.41, 5.74) is 6.45. The predicted octanol–water partition coefficient (Wildman–Crippen LogP) is 3.57. The van der Waals surface area contributed by atoms with Crippen LogP contribution in [0.2, 0.25) is 5.02 Å². The number of rotatable bonds is 5. The molecule has 0 aromatic heterocycles. The second-order valence-electron chi connectivity index (χ2n) is 5.54. The van der Waals surface area contributed by atoms with Gasteiger partial charge in [-0.05, 0) is 42.0 Å². The van der Waals surface area contributed by atoms with Gasteiger partial charge in [0.05, 0.1) is 43.8 Å². The van der Waals surface area contributed by atoms with Crippen molar-refractivity contribution in [3.63, 3.8) is 0 Å². The Kier molecular flexibility index (Phi) is 5.22. The van der Waals surface area contributed by atoms with Crippen LogP contribution in [0.5, 0.6) is 5.75 Å². The Balaban J connectivity index is 1.66. The van der Waals surface area contributed by atoms with Gasteiger partial charge in [0.2, 0.25) is 0 Å². The van der Waals surface area contributed by atoms with Gasteiger partial charge in [0.25, 0.3) is 0 Å². The number of halogens is 1. The normalized spacial score (nSPS) is 14.0. The number of hydrogen-bond acceptors (Lipinski definition) is 5. The number of ether oxygens (including phenoxy) is 1. The number of benzene rings is 2. The van der Waals surface area contributed by atoms with Crippen LogP contribution in [0.1, 0.15) is 5.56 Å². The van der Waals surface area contributed by atoms with Crippen molar-refractivity contribution in [2.24, 2.45) is 5.10 Å². The molecule has 1 N–H and O–H groups in total. The first-order valence-corrected chi connectivity index (χ1v) is 8.13. The van der Waals surface area contributed by atoms with E-state index in [-0.39, 0.29) is 0 Å². The SMILES string of the molecule is COc1ccc(N2CC(C#N)=C(N/N=C/c3ccc(Cl)cc3)C2)cc1. The number of methoxy groups -OCH3 is 1. The molecule has 2 aromatic rings. The van der Waals surface area contributed by atoms with Crippen molar-refractivity contribution in [3.8, 4) is 11.8 Å². The summed E-state index contributed by atoms with van der Waals surface area (Å²) in [4.78, 5) is 2.11. The van der Waals surface area contributed by atoms with Gasteiger partial charge in [-0.1, -0.05) is 23.7 Å². The molecule has 1 aliphatic heterocycles. The molecule has 2 aromatic carbocycles. The van der Waals surface area contributed by atoms with E-state index in [1.807, 2.05) is 48.5 Å². The summed E-state index contributed by atoms with van der Waals surface area (Å²) in [7, 11) is 1.64. The highest BCUT2D eigenvalue weighted by Crippen LogP contribution is 2.25. The molecule has 0 bridgehead atoms. The summed E-state index contributed by atoms with van der Waals surface area (Å²) in [6.45, 7) is 1.16. The van der Waals surface area contributed by atoms with Gasteiger partial charge in [-0.3, -0.25) is 5.43 Å². The molecule has 0 fully saturated rings. The van der Waals surface area contributed by atoms with Crippen LogP contribution in [0.3, 0.4) is 0 Å². The molecule has 0 unspecified atom stereocenters. The van der Waals surface area contributed by atoms with Gasteiger partial charge in [0.15, 0.2) is 0 Å². The van der Waals surface area contributed by atoms with E-state index in [0.717, 1.165) is 22.7 Å². The lowest BCUT2D eigenvalue weighted by molar-refractivity contribution is 0.415. The molecular formula is C19H17ClN4O. The van der Waals surface area contributed by atoms with Gasteiger partial charge in [0, 0.05) is 10.7 Å². The summed E-state index contributed by atoms with van der Waals surface area (Å²) in [5.74, 6) is 0.808. The van der Waals surface area contributed by atoms with E-state index in [2.05, 4.69) is 21.5 Å². The Morgan fingerprint density at radius 2 is 1.88 bits per heavy atom. The molecule has 6 heteroatoms. The molecule has 1 aliphatic rings. The van der Waals surface area contributed by atoms with Crippen molar-refractivity contribution in [1.82, 2.24) is 5.43 Å². The standard InChI is InChI=1S/C19H17ClN4O/c1-25-18-8-6-17(7-9-18)24-12-15(10-21)19(13-24)23-22-11-14-2-4-16(20)5-3-14/h2-9,11,23H,12-13H2,1H3/b22-11+. The van der Waals surface area contributed by atoms with Crippen LogP contribution >= 0.6 is 11.6 Å². The zero-order valence-corrected chi connectivity index (χ0v) is 14.5. The molecule has 0 aliphatic carbocycles. The molecule has 0 spiro atoms. The number of hydrogen-bond donors (Lipinski definition) is 1. The van der Waals surface area contributed by atoms with Crippen molar-refractivity contribution in [3.05, 3.63) is 70.4 Å². The van der Waals surface area contributed by atoms with Crippen molar-refractivity contribution >= 4 is 23.5 Å². The first-order chi connectivity index (χ1) is 12.2. The first kappa shape index (κ1) is 16.9. The second-order valence-corrected chi connectivity index (χ2v) is 5.98. The molecule has 0 saturated carbocycles. The molecule has 126 valence electrons. The molecule has 5 nitrogen and oxygen atoms in total. The van der Waals surface area contributed by atoms with Gasteiger partial charge in [-0.2, -0.15) is 10.4 Å². The number of anilines is 1. The van der Waals surface area contributed by atoms with Crippen molar-refractivity contribution in [1.29, 1.82) is 5.26 Å². The highest BCUT2D eigenvalue weighted by atomic mass is 35.5. The molecular weight excluding hydrogens is 336 g/mol. The van der Waals surface area contributed by atoms with E-state index in [1.54, 1.807) is 13.3 Å². The molecule has 0 amide bonds. The summed E-state index contributed by atoms with van der Waals surface area (Å²) < 4.78 is 5.18. The van der Waals surface area contributed by atoms with E-state index in [4.69, 9.17) is 16.3 Å². The molecule has 1 heterocycles. The maximum absolute atomic E-state index is 9.37. The van der Waals surface area contributed by atoms with Crippen LogP contribution in [-0.2, 0) is 0 Å². The van der Waals surface area contributed by atoms with E-state index < -0.39 is 0 Å². The Morgan fingerprint density at radius 3 is 2.52 bits per heavy atom. The third kappa shape index (κ3) is 4.11. The van der Waals surface area contributed by atoms with Crippen molar-refractivity contribution in [2.45, 2.75) is 0 Å². The summed E-state index contributed by atoms with van der Waals surface area (Å²) in [5, 5.41) is 14.3. The van der Waals surface area contributed by atoms with E-state index in [9.17, 15) is 5.26 Å². The van der Waals surface area contributed by atoms with Gasteiger partial charge >= 0.3 is 0 Å². The molecule has 0 saturated heterocycles. The summed E-state index contributed by atoms with van der Waals surface area (Å²) >= 11 is 5.86. The average molecular weight is 353 g/mol. The Hall–Kier alpha value is -2.97. The van der Waals surface area contributed by atoms with Crippen LogP contribution in [0.4, 0.5) is 5.69 Å².